The molecule has 6 nitrogen and oxygen atoms in total. The minimum Gasteiger partial charge on any atom is -0.480 e. The van der Waals surface area contributed by atoms with Gasteiger partial charge in [0.05, 0.1) is 32.5 Å². The Morgan fingerprint density at radius 3 is 2.75 bits per heavy atom. The van der Waals surface area contributed by atoms with Crippen molar-refractivity contribution in [1.82, 2.24) is 5.32 Å². The molecule has 0 amide bonds. The first-order chi connectivity index (χ1) is 9.64. The highest BCUT2D eigenvalue weighted by atomic mass is 16.5. The van der Waals surface area contributed by atoms with Crippen molar-refractivity contribution in [2.24, 2.45) is 0 Å². The van der Waals surface area contributed by atoms with Crippen molar-refractivity contribution < 1.29 is 24.1 Å². The van der Waals surface area contributed by atoms with Gasteiger partial charge in [-0.1, -0.05) is 6.92 Å². The number of carboxylic acids is 1. The van der Waals surface area contributed by atoms with Gasteiger partial charge in [0.15, 0.2) is 0 Å². The number of hydrogen-bond acceptors (Lipinski definition) is 5. The van der Waals surface area contributed by atoms with Gasteiger partial charge >= 0.3 is 5.97 Å². The third kappa shape index (κ3) is 5.36. The van der Waals surface area contributed by atoms with Crippen LogP contribution in [0, 0.1) is 0 Å². The predicted octanol–water partition coefficient (Wildman–Crippen LogP) is 1.04. The molecule has 0 aromatic heterocycles. The van der Waals surface area contributed by atoms with E-state index < -0.39 is 11.5 Å². The normalized spacial score (nSPS) is 26.6. The zero-order valence-electron chi connectivity index (χ0n) is 12.5. The molecule has 1 saturated carbocycles. The van der Waals surface area contributed by atoms with Crippen LogP contribution in [-0.2, 0) is 19.0 Å². The molecule has 2 atom stereocenters. The molecule has 2 unspecified atom stereocenters. The Morgan fingerprint density at radius 2 is 2.10 bits per heavy atom. The van der Waals surface area contributed by atoms with Gasteiger partial charge in [0, 0.05) is 13.5 Å². The molecule has 1 aliphatic carbocycles. The molecule has 118 valence electrons. The molecular formula is C14H27NO5. The van der Waals surface area contributed by atoms with Gasteiger partial charge in [0.1, 0.15) is 5.54 Å². The van der Waals surface area contributed by atoms with Crippen LogP contribution in [0.4, 0.5) is 0 Å². The molecule has 1 aliphatic rings. The van der Waals surface area contributed by atoms with E-state index in [-0.39, 0.29) is 6.10 Å². The summed E-state index contributed by atoms with van der Waals surface area (Å²) in [4.78, 5) is 11.5. The maximum atomic E-state index is 11.5. The van der Waals surface area contributed by atoms with Crippen molar-refractivity contribution in [3.63, 3.8) is 0 Å². The summed E-state index contributed by atoms with van der Waals surface area (Å²) in [6, 6.07) is 0. The number of methoxy groups -OCH3 is 1. The summed E-state index contributed by atoms with van der Waals surface area (Å²) >= 11 is 0. The molecule has 0 spiro atoms. The fourth-order valence-electron chi connectivity index (χ4n) is 2.65. The van der Waals surface area contributed by atoms with Crippen molar-refractivity contribution in [2.45, 2.75) is 44.2 Å². The van der Waals surface area contributed by atoms with E-state index in [4.69, 9.17) is 14.2 Å². The summed E-state index contributed by atoms with van der Waals surface area (Å²) < 4.78 is 16.0. The van der Waals surface area contributed by atoms with Crippen molar-refractivity contribution >= 4 is 5.97 Å². The molecule has 1 rings (SSSR count). The summed E-state index contributed by atoms with van der Waals surface area (Å²) in [5.41, 5.74) is -0.825. The molecule has 0 aliphatic heterocycles. The van der Waals surface area contributed by atoms with Gasteiger partial charge in [-0.15, -0.1) is 0 Å². The topological polar surface area (TPSA) is 77.0 Å². The van der Waals surface area contributed by atoms with E-state index >= 15 is 0 Å². The Morgan fingerprint density at radius 1 is 1.35 bits per heavy atom. The van der Waals surface area contributed by atoms with Crippen molar-refractivity contribution in [1.29, 1.82) is 0 Å². The SMILES string of the molecule is CCNC1(C(=O)O)CCCC(OCCOCCOC)C1. The van der Waals surface area contributed by atoms with E-state index in [1.807, 2.05) is 6.92 Å². The quantitative estimate of drug-likeness (QED) is 0.585. The van der Waals surface area contributed by atoms with E-state index in [9.17, 15) is 9.90 Å². The first kappa shape index (κ1) is 17.4. The van der Waals surface area contributed by atoms with Gasteiger partial charge in [-0.2, -0.15) is 0 Å². The van der Waals surface area contributed by atoms with E-state index in [0.29, 0.717) is 45.8 Å². The fourth-order valence-corrected chi connectivity index (χ4v) is 2.65. The summed E-state index contributed by atoms with van der Waals surface area (Å²) in [6.45, 7) is 4.72. The lowest BCUT2D eigenvalue weighted by Crippen LogP contribution is -2.56. The van der Waals surface area contributed by atoms with Crippen molar-refractivity contribution in [2.75, 3.05) is 40.1 Å². The maximum absolute atomic E-state index is 11.5. The molecule has 0 aromatic rings. The van der Waals surface area contributed by atoms with Gasteiger partial charge in [-0.3, -0.25) is 4.79 Å². The lowest BCUT2D eigenvalue weighted by Gasteiger charge is -2.38. The van der Waals surface area contributed by atoms with E-state index in [0.717, 1.165) is 12.8 Å². The molecule has 0 heterocycles. The molecular weight excluding hydrogens is 262 g/mol. The molecule has 0 saturated heterocycles. The number of rotatable bonds is 10. The second-order valence-electron chi connectivity index (χ2n) is 5.11. The Bertz CT molecular complexity index is 283. The standard InChI is InChI=1S/C14H27NO5/c1-3-15-14(13(16)17)6-4-5-12(11-14)20-10-9-19-8-7-18-2/h12,15H,3-11H2,1-2H3,(H,16,17). The number of carbonyl (C=O) groups is 1. The third-order valence-electron chi connectivity index (χ3n) is 3.64. The number of ether oxygens (including phenoxy) is 3. The Labute approximate surface area is 120 Å². The van der Waals surface area contributed by atoms with Crippen LogP contribution >= 0.6 is 0 Å². The largest absolute Gasteiger partial charge is 0.480 e. The van der Waals surface area contributed by atoms with Crippen LogP contribution in [0.25, 0.3) is 0 Å². The van der Waals surface area contributed by atoms with E-state index in [2.05, 4.69) is 5.32 Å². The molecule has 1 fully saturated rings. The average molecular weight is 289 g/mol. The monoisotopic (exact) mass is 289 g/mol. The molecule has 2 N–H and O–H groups in total. The summed E-state index contributed by atoms with van der Waals surface area (Å²) in [5.74, 6) is -0.774. The van der Waals surface area contributed by atoms with Gasteiger partial charge in [-0.05, 0) is 25.8 Å². The number of likely N-dealkylation sites (N-methyl/N-ethyl adjacent to an activating group) is 1. The number of nitrogens with one attached hydrogen (secondary N) is 1. The van der Waals surface area contributed by atoms with Crippen LogP contribution in [-0.4, -0.2) is 62.8 Å². The van der Waals surface area contributed by atoms with Crippen LogP contribution in [0.3, 0.4) is 0 Å². The van der Waals surface area contributed by atoms with E-state index in [1.165, 1.54) is 0 Å². The second kappa shape index (κ2) is 9.28. The first-order valence-corrected chi connectivity index (χ1v) is 7.31. The lowest BCUT2D eigenvalue weighted by molar-refractivity contribution is -0.149. The zero-order chi connectivity index (χ0) is 14.8. The molecule has 6 heteroatoms. The molecule has 0 bridgehead atoms. The highest BCUT2D eigenvalue weighted by Crippen LogP contribution is 2.30. The highest BCUT2D eigenvalue weighted by molar-refractivity contribution is 5.79. The predicted molar refractivity (Wildman–Crippen MR) is 74.9 cm³/mol. The van der Waals surface area contributed by atoms with Crippen LogP contribution in [0.5, 0.6) is 0 Å². The van der Waals surface area contributed by atoms with Gasteiger partial charge in [0.2, 0.25) is 0 Å². The van der Waals surface area contributed by atoms with Crippen LogP contribution < -0.4 is 5.32 Å². The molecule has 0 radical (unpaired) electrons. The first-order valence-electron chi connectivity index (χ1n) is 7.31. The number of carboxylic acid groups (broad SMARTS) is 1. The Balaban J connectivity index is 2.31. The third-order valence-corrected chi connectivity index (χ3v) is 3.64. The number of aliphatic carboxylic acids is 1. The minimum absolute atomic E-state index is 0.00933. The van der Waals surface area contributed by atoms with Gasteiger partial charge < -0.3 is 24.6 Å². The van der Waals surface area contributed by atoms with Gasteiger partial charge in [0.25, 0.3) is 0 Å². The Hall–Kier alpha value is -0.690. The van der Waals surface area contributed by atoms with Crippen LogP contribution in [0.2, 0.25) is 0 Å². The lowest BCUT2D eigenvalue weighted by atomic mass is 9.80. The highest BCUT2D eigenvalue weighted by Gasteiger charge is 2.42. The molecule has 0 aromatic carbocycles. The van der Waals surface area contributed by atoms with E-state index in [1.54, 1.807) is 7.11 Å². The maximum Gasteiger partial charge on any atom is 0.323 e. The van der Waals surface area contributed by atoms with Crippen LogP contribution in [0.1, 0.15) is 32.6 Å². The molecule has 20 heavy (non-hydrogen) atoms. The van der Waals surface area contributed by atoms with Gasteiger partial charge in [-0.25, -0.2) is 0 Å². The second-order valence-corrected chi connectivity index (χ2v) is 5.11. The zero-order valence-corrected chi connectivity index (χ0v) is 12.5. The summed E-state index contributed by atoms with van der Waals surface area (Å²) in [7, 11) is 1.63. The van der Waals surface area contributed by atoms with Crippen LogP contribution in [0.15, 0.2) is 0 Å². The number of hydrogen-bond donors (Lipinski definition) is 2. The Kier molecular flexibility index (Phi) is 8.06. The van der Waals surface area contributed by atoms with Crippen molar-refractivity contribution in [3.8, 4) is 0 Å². The summed E-state index contributed by atoms with van der Waals surface area (Å²) in [6.07, 6.45) is 2.96. The average Bonchev–Trinajstić information content (AvgIpc) is 2.43. The van der Waals surface area contributed by atoms with Crippen molar-refractivity contribution in [3.05, 3.63) is 0 Å². The summed E-state index contributed by atoms with van der Waals surface area (Å²) in [5, 5.41) is 12.6. The minimum atomic E-state index is -0.825. The fraction of sp³-hybridized carbons (Fsp3) is 0.929. The smallest absolute Gasteiger partial charge is 0.323 e.